The van der Waals surface area contributed by atoms with Gasteiger partial charge in [0.05, 0.1) is 32.8 Å². The first kappa shape index (κ1) is 31.6. The van der Waals surface area contributed by atoms with Crippen molar-refractivity contribution in [1.29, 1.82) is 0 Å². The summed E-state index contributed by atoms with van der Waals surface area (Å²) in [5.41, 5.74) is 3.27. The van der Waals surface area contributed by atoms with Gasteiger partial charge < -0.3 is 24.8 Å². The molecule has 1 atom stereocenters. The Morgan fingerprint density at radius 3 is 2.44 bits per heavy atom. The largest absolute Gasteiger partial charge is 0.496 e. The molecule has 0 saturated heterocycles. The highest BCUT2D eigenvalue weighted by molar-refractivity contribution is 8.14. The highest BCUT2D eigenvalue weighted by atomic mass is 32.2. The molecule has 0 fully saturated rings. The summed E-state index contributed by atoms with van der Waals surface area (Å²) in [5, 5.41) is 6.21. The topological polar surface area (TPSA) is 131 Å². The number of carbonyl (C=O) groups is 3. The monoisotopic (exact) mass is 629 g/mol. The Morgan fingerprint density at radius 2 is 1.64 bits per heavy atom. The van der Waals surface area contributed by atoms with Crippen LogP contribution in [0.4, 0.5) is 5.69 Å². The van der Waals surface area contributed by atoms with E-state index in [1.54, 1.807) is 21.3 Å². The molecule has 2 heterocycles. The number of nitrogens with zero attached hydrogens (tertiary/aromatic N) is 3. The number of amides is 3. The zero-order valence-electron chi connectivity index (χ0n) is 25.4. The van der Waals surface area contributed by atoms with Gasteiger partial charge in [0.1, 0.15) is 17.6 Å². The first-order chi connectivity index (χ1) is 21.9. The molecule has 5 rings (SSSR count). The summed E-state index contributed by atoms with van der Waals surface area (Å²) in [6.07, 6.45) is 0.980. The van der Waals surface area contributed by atoms with Gasteiger partial charge in [0.2, 0.25) is 11.8 Å². The molecule has 3 amide bonds. The van der Waals surface area contributed by atoms with E-state index in [4.69, 9.17) is 19.2 Å². The molecule has 0 unspecified atom stereocenters. The van der Waals surface area contributed by atoms with E-state index < -0.39 is 6.04 Å². The van der Waals surface area contributed by atoms with Gasteiger partial charge in [-0.25, -0.2) is 9.89 Å². The van der Waals surface area contributed by atoms with E-state index in [2.05, 4.69) is 15.6 Å². The normalized spacial score (nSPS) is 15.0. The van der Waals surface area contributed by atoms with Gasteiger partial charge in [-0.1, -0.05) is 48.2 Å². The van der Waals surface area contributed by atoms with Crippen LogP contribution in [0, 0.1) is 0 Å². The third-order valence-electron chi connectivity index (χ3n) is 7.38. The summed E-state index contributed by atoms with van der Waals surface area (Å²) in [6, 6.07) is 19.8. The molecule has 0 radical (unpaired) electrons. The molecule has 0 saturated carbocycles. The Morgan fingerprint density at radius 1 is 0.889 bits per heavy atom. The number of thioether (sulfide) groups is 1. The Balaban J connectivity index is 1.17. The second-order valence-electron chi connectivity index (χ2n) is 10.3. The van der Waals surface area contributed by atoms with Crippen molar-refractivity contribution in [3.05, 3.63) is 83.4 Å². The average Bonchev–Trinajstić information content (AvgIpc) is 3.41. The number of hydrogen-bond acceptors (Lipinski definition) is 9. The van der Waals surface area contributed by atoms with Crippen LogP contribution in [0.25, 0.3) is 0 Å². The average molecular weight is 630 g/mol. The van der Waals surface area contributed by atoms with E-state index in [0.29, 0.717) is 53.4 Å². The molecule has 3 aromatic carbocycles. The molecule has 0 aliphatic carbocycles. The van der Waals surface area contributed by atoms with Crippen LogP contribution in [0.5, 0.6) is 17.2 Å². The maximum atomic E-state index is 13.6. The van der Waals surface area contributed by atoms with Crippen LogP contribution in [-0.2, 0) is 27.3 Å². The van der Waals surface area contributed by atoms with Crippen molar-refractivity contribution < 1.29 is 28.6 Å². The first-order valence-corrected chi connectivity index (χ1v) is 15.5. The van der Waals surface area contributed by atoms with Crippen molar-refractivity contribution >= 4 is 46.2 Å². The van der Waals surface area contributed by atoms with Crippen molar-refractivity contribution in [2.45, 2.75) is 31.8 Å². The predicted octanol–water partition coefficient (Wildman–Crippen LogP) is 3.86. The van der Waals surface area contributed by atoms with E-state index in [9.17, 15) is 14.4 Å². The van der Waals surface area contributed by atoms with Gasteiger partial charge >= 0.3 is 0 Å². The lowest BCUT2D eigenvalue weighted by Gasteiger charge is -2.25. The number of para-hydroxylation sites is 2. The summed E-state index contributed by atoms with van der Waals surface area (Å²) in [5.74, 6) is 1.89. The number of hydrogen-bond donors (Lipinski definition) is 2. The van der Waals surface area contributed by atoms with E-state index in [-0.39, 0.29) is 36.3 Å². The molecule has 2 aliphatic heterocycles. The van der Waals surface area contributed by atoms with Gasteiger partial charge in [0.25, 0.3) is 5.91 Å². The van der Waals surface area contributed by atoms with Crippen LogP contribution in [0.1, 0.15) is 29.5 Å². The number of aliphatic imine (C=N–C) groups is 2. The van der Waals surface area contributed by atoms with Crippen molar-refractivity contribution in [3.8, 4) is 17.2 Å². The molecule has 11 nitrogen and oxygen atoms in total. The fourth-order valence-electron chi connectivity index (χ4n) is 5.05. The molecular formula is C33H35N5O6S. The standard InChI is InChI=1S/C33H35N5O6S/c1-42-26-11-7-4-8-22(26)19-35-29(39)15-13-25-32(41)38-31(36-25)23-9-5-6-10-24(23)37-33(38)45-20-30(40)34-17-16-21-12-14-27(43-2)28(18-21)44-3/h4-12,14,18,25H,13,15-17,19-20H2,1-3H3,(H,34,40)(H,35,39)/t25-/m1/s1. The molecule has 0 spiro atoms. The molecule has 234 valence electrons. The lowest BCUT2D eigenvalue weighted by atomic mass is 10.1. The zero-order valence-corrected chi connectivity index (χ0v) is 26.2. The fraction of sp³-hybridized carbons (Fsp3) is 0.303. The van der Waals surface area contributed by atoms with Crippen LogP contribution in [0.3, 0.4) is 0 Å². The fourth-order valence-corrected chi connectivity index (χ4v) is 5.88. The predicted molar refractivity (Wildman–Crippen MR) is 174 cm³/mol. The summed E-state index contributed by atoms with van der Waals surface area (Å²) in [7, 11) is 4.75. The number of fused-ring (bicyclic) bond motifs is 3. The molecule has 3 aromatic rings. The lowest BCUT2D eigenvalue weighted by molar-refractivity contribution is -0.125. The van der Waals surface area contributed by atoms with Gasteiger partial charge in [0, 0.05) is 30.6 Å². The third-order valence-corrected chi connectivity index (χ3v) is 8.32. The van der Waals surface area contributed by atoms with Crippen molar-refractivity contribution in [3.63, 3.8) is 0 Å². The van der Waals surface area contributed by atoms with Crippen molar-refractivity contribution in [1.82, 2.24) is 15.5 Å². The smallest absolute Gasteiger partial charge is 0.259 e. The van der Waals surface area contributed by atoms with Crippen LogP contribution in [0.15, 0.2) is 76.7 Å². The maximum Gasteiger partial charge on any atom is 0.259 e. The van der Waals surface area contributed by atoms with E-state index in [1.165, 1.54) is 16.7 Å². The molecule has 2 aliphatic rings. The number of benzene rings is 3. The van der Waals surface area contributed by atoms with Crippen LogP contribution >= 0.6 is 11.8 Å². The minimum atomic E-state index is -0.732. The Kier molecular flexibility index (Phi) is 10.4. The van der Waals surface area contributed by atoms with E-state index in [1.807, 2.05) is 66.7 Å². The highest BCUT2D eigenvalue weighted by Gasteiger charge is 2.41. The van der Waals surface area contributed by atoms with E-state index >= 15 is 0 Å². The number of ether oxygens (including phenoxy) is 3. The third kappa shape index (κ3) is 7.46. The molecule has 12 heteroatoms. The van der Waals surface area contributed by atoms with Gasteiger partial charge in [-0.05, 0) is 48.7 Å². The van der Waals surface area contributed by atoms with Crippen molar-refractivity contribution in [2.24, 2.45) is 9.98 Å². The van der Waals surface area contributed by atoms with Crippen molar-refractivity contribution in [2.75, 3.05) is 33.6 Å². The number of amidine groups is 2. The summed E-state index contributed by atoms with van der Waals surface area (Å²) < 4.78 is 16.0. The molecule has 0 bridgehead atoms. The molecule has 2 N–H and O–H groups in total. The number of rotatable bonds is 13. The van der Waals surface area contributed by atoms with Crippen LogP contribution in [0.2, 0.25) is 0 Å². The number of methoxy groups -OCH3 is 3. The maximum absolute atomic E-state index is 13.6. The quantitative estimate of drug-likeness (QED) is 0.294. The Hall–Kier alpha value is -4.84. The second-order valence-corrected chi connectivity index (χ2v) is 11.2. The SMILES string of the molecule is COc1ccccc1CNC(=O)CC[C@H]1N=C2c3ccccc3N=C(SCC(=O)NCCc3ccc(OC)c(OC)c3)N2C1=O. The minimum Gasteiger partial charge on any atom is -0.496 e. The zero-order chi connectivity index (χ0) is 31.8. The Labute approximate surface area is 266 Å². The molecule has 0 aromatic heterocycles. The Bertz CT molecular complexity index is 1640. The first-order valence-electron chi connectivity index (χ1n) is 14.5. The lowest BCUT2D eigenvalue weighted by Crippen LogP contribution is -2.42. The number of carbonyl (C=O) groups excluding carboxylic acids is 3. The molecule has 45 heavy (non-hydrogen) atoms. The van der Waals surface area contributed by atoms with Gasteiger partial charge in [-0.15, -0.1) is 0 Å². The summed E-state index contributed by atoms with van der Waals surface area (Å²) >= 11 is 1.18. The highest BCUT2D eigenvalue weighted by Crippen LogP contribution is 2.34. The van der Waals surface area contributed by atoms with Gasteiger partial charge in [-0.2, -0.15) is 0 Å². The molecular weight excluding hydrogens is 594 g/mol. The minimum absolute atomic E-state index is 0.0695. The van der Waals surface area contributed by atoms with E-state index in [0.717, 1.165) is 16.7 Å². The summed E-state index contributed by atoms with van der Waals surface area (Å²) in [6.45, 7) is 0.750. The van der Waals surface area contributed by atoms with Crippen LogP contribution in [-0.4, -0.2) is 73.3 Å². The number of nitrogens with one attached hydrogen (secondary N) is 2. The van der Waals surface area contributed by atoms with Gasteiger partial charge in [-0.3, -0.25) is 19.4 Å². The summed E-state index contributed by atoms with van der Waals surface area (Å²) in [4.78, 5) is 49.8. The second kappa shape index (κ2) is 14.8. The van der Waals surface area contributed by atoms with Gasteiger partial charge in [0.15, 0.2) is 16.7 Å². The van der Waals surface area contributed by atoms with Crippen LogP contribution < -0.4 is 24.8 Å².